The molecule has 1 aliphatic heterocycles. The summed E-state index contributed by atoms with van der Waals surface area (Å²) in [6, 6.07) is 13.3. The van der Waals surface area contributed by atoms with Gasteiger partial charge in [0.05, 0.1) is 12.7 Å². The monoisotopic (exact) mass is 413 g/mol. The molecule has 162 valence electrons. The molecule has 0 radical (unpaired) electrons. The van der Waals surface area contributed by atoms with Crippen molar-refractivity contribution in [1.82, 2.24) is 10.2 Å². The number of amides is 1. The number of benzene rings is 2. The van der Waals surface area contributed by atoms with Crippen molar-refractivity contribution in [3.8, 4) is 5.75 Å². The molecular formula is C23H31N3O4. The van der Waals surface area contributed by atoms with Crippen molar-refractivity contribution in [2.75, 3.05) is 44.2 Å². The Morgan fingerprint density at radius 2 is 1.80 bits per heavy atom. The number of phenols is 1. The highest BCUT2D eigenvalue weighted by atomic mass is 16.3. The van der Waals surface area contributed by atoms with Gasteiger partial charge < -0.3 is 30.4 Å². The molecule has 0 bridgehead atoms. The van der Waals surface area contributed by atoms with Gasteiger partial charge in [0.25, 0.3) is 0 Å². The minimum atomic E-state index is -0.702. The lowest BCUT2D eigenvalue weighted by atomic mass is 10.1. The third-order valence-electron chi connectivity index (χ3n) is 5.61. The average molecular weight is 414 g/mol. The Morgan fingerprint density at radius 1 is 1.10 bits per heavy atom. The zero-order chi connectivity index (χ0) is 21.5. The number of piperazine rings is 1. The van der Waals surface area contributed by atoms with E-state index in [4.69, 9.17) is 0 Å². The second-order valence-corrected chi connectivity index (χ2v) is 7.68. The van der Waals surface area contributed by atoms with Gasteiger partial charge in [-0.05, 0) is 48.4 Å². The van der Waals surface area contributed by atoms with Gasteiger partial charge in [0, 0.05) is 50.9 Å². The molecule has 1 saturated heterocycles. The first-order valence-electron chi connectivity index (χ1n) is 10.4. The number of nitrogens with zero attached hydrogens (tertiary/aromatic N) is 2. The molecule has 1 heterocycles. The summed E-state index contributed by atoms with van der Waals surface area (Å²) < 4.78 is 0. The van der Waals surface area contributed by atoms with Crippen molar-refractivity contribution in [2.24, 2.45) is 0 Å². The predicted octanol–water partition coefficient (Wildman–Crippen LogP) is 1.42. The quantitative estimate of drug-likeness (QED) is 0.489. The zero-order valence-electron chi connectivity index (χ0n) is 17.4. The molecule has 7 heteroatoms. The molecular weight excluding hydrogens is 382 g/mol. The third kappa shape index (κ3) is 5.72. The summed E-state index contributed by atoms with van der Waals surface area (Å²) >= 11 is 0. The lowest BCUT2D eigenvalue weighted by Crippen LogP contribution is -2.48. The molecule has 2 aromatic rings. The maximum atomic E-state index is 11.4. The van der Waals surface area contributed by atoms with Crippen LogP contribution in [0, 0.1) is 0 Å². The van der Waals surface area contributed by atoms with E-state index in [0.29, 0.717) is 17.7 Å². The fraction of sp³-hybridized carbons (Fsp3) is 0.435. The highest BCUT2D eigenvalue weighted by Gasteiger charge is 2.18. The number of aromatic hydroxyl groups is 1. The molecule has 0 aliphatic carbocycles. The van der Waals surface area contributed by atoms with E-state index in [9.17, 15) is 20.1 Å². The molecule has 3 rings (SSSR count). The van der Waals surface area contributed by atoms with E-state index >= 15 is 0 Å². The van der Waals surface area contributed by atoms with Gasteiger partial charge in [0.1, 0.15) is 5.75 Å². The first-order valence-corrected chi connectivity index (χ1v) is 10.4. The van der Waals surface area contributed by atoms with E-state index in [2.05, 4.69) is 34.5 Å². The highest BCUT2D eigenvalue weighted by Crippen LogP contribution is 2.22. The van der Waals surface area contributed by atoms with Crippen molar-refractivity contribution < 1.29 is 20.1 Å². The average Bonchev–Trinajstić information content (AvgIpc) is 2.77. The summed E-state index contributed by atoms with van der Waals surface area (Å²) in [5.74, 6) is 0.174. The number of hydrogen-bond acceptors (Lipinski definition) is 6. The van der Waals surface area contributed by atoms with Crippen LogP contribution in [0.15, 0.2) is 42.5 Å². The molecule has 30 heavy (non-hydrogen) atoms. The topological polar surface area (TPSA) is 96.3 Å². The maximum absolute atomic E-state index is 11.4. The summed E-state index contributed by atoms with van der Waals surface area (Å²) in [5.41, 5.74) is 3.47. The van der Waals surface area contributed by atoms with E-state index in [1.54, 1.807) is 19.1 Å². The van der Waals surface area contributed by atoms with Crippen LogP contribution >= 0.6 is 0 Å². The Kier molecular flexibility index (Phi) is 7.68. The largest absolute Gasteiger partial charge is 0.508 e. The van der Waals surface area contributed by atoms with Crippen molar-refractivity contribution in [3.63, 3.8) is 0 Å². The number of aliphatic hydroxyl groups is 2. The molecule has 1 aliphatic rings. The third-order valence-corrected chi connectivity index (χ3v) is 5.61. The van der Waals surface area contributed by atoms with Crippen molar-refractivity contribution in [1.29, 1.82) is 0 Å². The molecule has 2 aromatic carbocycles. The molecule has 1 amide bonds. The van der Waals surface area contributed by atoms with Crippen LogP contribution in [0.5, 0.6) is 5.75 Å². The number of aliphatic hydroxyl groups excluding tert-OH is 2. The molecule has 0 saturated carbocycles. The van der Waals surface area contributed by atoms with Gasteiger partial charge in [-0.2, -0.15) is 0 Å². The molecule has 0 aromatic heterocycles. The highest BCUT2D eigenvalue weighted by molar-refractivity contribution is 5.73. The molecule has 1 fully saturated rings. The normalized spacial score (nSPS) is 15.3. The number of anilines is 1. The van der Waals surface area contributed by atoms with Crippen LogP contribution in [0.4, 0.5) is 5.69 Å². The van der Waals surface area contributed by atoms with Crippen molar-refractivity contribution in [3.05, 3.63) is 59.2 Å². The fourth-order valence-corrected chi connectivity index (χ4v) is 3.68. The van der Waals surface area contributed by atoms with Crippen molar-refractivity contribution >= 4 is 11.6 Å². The Balaban J connectivity index is 1.42. The second-order valence-electron chi connectivity index (χ2n) is 7.68. The van der Waals surface area contributed by atoms with Crippen LogP contribution in [-0.2, 0) is 17.8 Å². The van der Waals surface area contributed by atoms with Crippen molar-refractivity contribution in [2.45, 2.75) is 26.1 Å². The van der Waals surface area contributed by atoms with Gasteiger partial charge in [0.2, 0.25) is 5.91 Å². The first-order chi connectivity index (χ1) is 14.5. The van der Waals surface area contributed by atoms with E-state index in [0.717, 1.165) is 39.1 Å². The minimum Gasteiger partial charge on any atom is -0.508 e. The summed E-state index contributed by atoms with van der Waals surface area (Å²) in [4.78, 5) is 15.6. The van der Waals surface area contributed by atoms with Gasteiger partial charge in [-0.25, -0.2) is 0 Å². The Morgan fingerprint density at radius 3 is 2.43 bits per heavy atom. The Bertz CT molecular complexity index is 833. The molecule has 7 nitrogen and oxygen atoms in total. The summed E-state index contributed by atoms with van der Waals surface area (Å²) in [7, 11) is 0. The van der Waals surface area contributed by atoms with Gasteiger partial charge in [-0.15, -0.1) is 0 Å². The van der Waals surface area contributed by atoms with Crippen LogP contribution in [0.1, 0.15) is 29.7 Å². The van der Waals surface area contributed by atoms with Gasteiger partial charge >= 0.3 is 0 Å². The van der Waals surface area contributed by atoms with Gasteiger partial charge in [0.15, 0.2) is 0 Å². The summed E-state index contributed by atoms with van der Waals surface area (Å²) in [6.07, 6.45) is 0.148. The second kappa shape index (κ2) is 10.4. The minimum absolute atomic E-state index is 0.0330. The van der Waals surface area contributed by atoms with E-state index in [1.165, 1.54) is 17.3 Å². The molecule has 1 unspecified atom stereocenters. The van der Waals surface area contributed by atoms with E-state index in [-0.39, 0.29) is 18.3 Å². The molecule has 4 N–H and O–H groups in total. The summed E-state index contributed by atoms with van der Waals surface area (Å²) in [6.45, 7) is 5.74. The van der Waals surface area contributed by atoms with Gasteiger partial charge in [-0.1, -0.05) is 18.2 Å². The van der Waals surface area contributed by atoms with E-state index in [1.807, 2.05) is 4.90 Å². The van der Waals surface area contributed by atoms with Crippen LogP contribution in [0.25, 0.3) is 0 Å². The molecule has 0 spiro atoms. The lowest BCUT2D eigenvalue weighted by molar-refractivity contribution is -0.129. The van der Waals surface area contributed by atoms with Gasteiger partial charge in [-0.3, -0.25) is 4.79 Å². The lowest BCUT2D eigenvalue weighted by Gasteiger charge is -2.35. The van der Waals surface area contributed by atoms with Crippen LogP contribution in [0.3, 0.4) is 0 Å². The fourth-order valence-electron chi connectivity index (χ4n) is 3.68. The Hall–Kier alpha value is -2.61. The first kappa shape index (κ1) is 22.1. The van der Waals surface area contributed by atoms with Crippen LogP contribution in [0.2, 0.25) is 0 Å². The number of rotatable bonds is 8. The van der Waals surface area contributed by atoms with Crippen LogP contribution < -0.4 is 10.2 Å². The van der Waals surface area contributed by atoms with E-state index < -0.39 is 6.10 Å². The zero-order valence-corrected chi connectivity index (χ0v) is 17.4. The number of carbonyl (C=O) groups excluding carboxylic acids is 1. The number of nitrogens with one attached hydrogen (secondary N) is 1. The SMILES string of the molecule is CC(=O)N1CCN(c2ccc(CCNCC(O)c3ccc(O)c(CO)c3)cc2)CC1. The maximum Gasteiger partial charge on any atom is 0.219 e. The molecule has 1 atom stereocenters. The number of carbonyl (C=O) groups is 1. The smallest absolute Gasteiger partial charge is 0.219 e. The number of hydrogen-bond donors (Lipinski definition) is 4. The van der Waals surface area contributed by atoms with Crippen LogP contribution in [-0.4, -0.2) is 65.4 Å². The predicted molar refractivity (Wildman–Crippen MR) is 116 cm³/mol. The summed E-state index contributed by atoms with van der Waals surface area (Å²) in [5, 5.41) is 32.4. The Labute approximate surface area is 177 Å². The standard InChI is InChI=1S/C23H31N3O4/c1-17(28)25-10-12-26(13-11-25)21-5-2-18(3-6-21)8-9-24-15-23(30)19-4-7-22(29)20(14-19)16-27/h2-7,14,23-24,27,29-30H,8-13,15-16H2,1H3.